The van der Waals surface area contributed by atoms with Crippen LogP contribution in [0, 0.1) is 0 Å². The van der Waals surface area contributed by atoms with E-state index in [-0.39, 0.29) is 6.03 Å². The van der Waals surface area contributed by atoms with Crippen LogP contribution in [-0.4, -0.2) is 42.1 Å². The summed E-state index contributed by atoms with van der Waals surface area (Å²) in [5.74, 6) is 0.940. The van der Waals surface area contributed by atoms with Crippen molar-refractivity contribution in [2.75, 3.05) is 36.4 Å². The van der Waals surface area contributed by atoms with Gasteiger partial charge in [0, 0.05) is 55.2 Å². The lowest BCUT2D eigenvalue weighted by Gasteiger charge is -2.42. The normalized spacial score (nSPS) is 19.5. The lowest BCUT2D eigenvalue weighted by atomic mass is 9.74. The second kappa shape index (κ2) is 10.1. The number of carbonyl (C=O) groups excluding carboxylic acids is 1. The molecule has 2 aliphatic heterocycles. The number of furan rings is 1. The number of aromatic nitrogens is 1. The molecule has 3 aliphatic rings. The summed E-state index contributed by atoms with van der Waals surface area (Å²) in [5, 5.41) is 7.76. The van der Waals surface area contributed by atoms with Crippen LogP contribution < -0.4 is 15.5 Å². The van der Waals surface area contributed by atoms with E-state index in [0.717, 1.165) is 80.7 Å². The molecule has 0 bridgehead atoms. The fourth-order valence-electron chi connectivity index (χ4n) is 5.75. The highest BCUT2D eigenvalue weighted by Crippen LogP contribution is 2.49. The van der Waals surface area contributed by atoms with Crippen LogP contribution in [0.15, 0.2) is 41.1 Å². The molecule has 7 nitrogen and oxygen atoms in total. The molecule has 35 heavy (non-hydrogen) atoms. The summed E-state index contributed by atoms with van der Waals surface area (Å²) in [6.45, 7) is 8.66. The van der Waals surface area contributed by atoms with Crippen molar-refractivity contribution in [2.24, 2.45) is 0 Å². The minimum atomic E-state index is -0.398. The van der Waals surface area contributed by atoms with Gasteiger partial charge in [-0.15, -0.1) is 0 Å². The molecule has 186 valence electrons. The van der Waals surface area contributed by atoms with Gasteiger partial charge < -0.3 is 20.0 Å². The summed E-state index contributed by atoms with van der Waals surface area (Å²) in [7, 11) is 0. The number of amides is 2. The lowest BCUT2D eigenvalue weighted by Crippen LogP contribution is -2.52. The molecule has 3 aromatic rings. The predicted octanol–water partition coefficient (Wildman–Crippen LogP) is 6.12. The number of pyridine rings is 1. The Morgan fingerprint density at radius 3 is 2.49 bits per heavy atom. The maximum atomic E-state index is 12.5. The third kappa shape index (κ3) is 4.59. The molecule has 1 aliphatic carbocycles. The Hall–Kier alpha value is -2.77. The average molecular weight is 496 g/mol. The molecule has 2 aromatic heterocycles. The van der Waals surface area contributed by atoms with Crippen LogP contribution in [0.2, 0.25) is 5.02 Å². The van der Waals surface area contributed by atoms with Crippen molar-refractivity contribution < 1.29 is 9.21 Å². The Morgan fingerprint density at radius 1 is 1.06 bits per heavy atom. The topological polar surface area (TPSA) is 73.6 Å². The van der Waals surface area contributed by atoms with E-state index in [1.54, 1.807) is 0 Å². The molecular formula is C27H34ClN5O2. The van der Waals surface area contributed by atoms with Gasteiger partial charge in [-0.05, 0) is 37.1 Å². The maximum Gasteiger partial charge on any atom is 0.319 e. The van der Waals surface area contributed by atoms with Crippen molar-refractivity contribution in [3.05, 3.63) is 53.0 Å². The van der Waals surface area contributed by atoms with Crippen molar-refractivity contribution in [1.82, 2.24) is 15.2 Å². The van der Waals surface area contributed by atoms with E-state index in [1.165, 1.54) is 12.1 Å². The first-order valence-electron chi connectivity index (χ1n) is 12.8. The van der Waals surface area contributed by atoms with Crippen molar-refractivity contribution in [2.45, 2.75) is 58.0 Å². The Kier molecular flexibility index (Phi) is 6.89. The van der Waals surface area contributed by atoms with Crippen molar-refractivity contribution in [1.29, 1.82) is 0 Å². The summed E-state index contributed by atoms with van der Waals surface area (Å²) < 4.78 is 6.48. The average Bonchev–Trinajstić information content (AvgIpc) is 3.28. The molecule has 1 spiro atoms. The Morgan fingerprint density at radius 2 is 1.77 bits per heavy atom. The van der Waals surface area contributed by atoms with Gasteiger partial charge in [0.15, 0.2) is 0 Å². The third-order valence-corrected chi connectivity index (χ3v) is 7.66. The zero-order valence-corrected chi connectivity index (χ0v) is 21.3. The molecule has 0 atom stereocenters. The number of anilines is 2. The number of nitrogens with one attached hydrogen (secondary N) is 2. The summed E-state index contributed by atoms with van der Waals surface area (Å²) in [5.41, 5.74) is 3.42. The second-order valence-corrected chi connectivity index (χ2v) is 9.84. The Bertz CT molecular complexity index is 1180. The first-order valence-corrected chi connectivity index (χ1v) is 13.2. The number of hydrogen-bond acceptors (Lipinski definition) is 5. The summed E-state index contributed by atoms with van der Waals surface area (Å²) >= 11 is 6.66. The summed E-state index contributed by atoms with van der Waals surface area (Å²) in [4.78, 5) is 21.4. The molecular weight excluding hydrogens is 462 g/mol. The monoisotopic (exact) mass is 495 g/mol. The van der Waals surface area contributed by atoms with E-state index < -0.39 is 5.54 Å². The van der Waals surface area contributed by atoms with Gasteiger partial charge in [0.2, 0.25) is 0 Å². The number of rotatable bonds is 3. The molecule has 2 N–H and O–H groups in total. The first kappa shape index (κ1) is 23.9. The minimum absolute atomic E-state index is 0.176. The smallest absolute Gasteiger partial charge is 0.319 e. The van der Waals surface area contributed by atoms with Crippen molar-refractivity contribution >= 4 is 40.0 Å². The molecule has 6 rings (SSSR count). The van der Waals surface area contributed by atoms with Crippen LogP contribution in [0.5, 0.6) is 0 Å². The molecule has 1 saturated heterocycles. The van der Waals surface area contributed by atoms with Crippen molar-refractivity contribution in [3.8, 4) is 0 Å². The molecule has 1 aromatic carbocycles. The van der Waals surface area contributed by atoms with E-state index in [9.17, 15) is 4.79 Å². The molecule has 2 fully saturated rings. The van der Waals surface area contributed by atoms with Crippen LogP contribution in [0.1, 0.15) is 57.3 Å². The van der Waals surface area contributed by atoms with Gasteiger partial charge in [-0.3, -0.25) is 9.88 Å². The highest BCUT2D eigenvalue weighted by atomic mass is 35.5. The summed E-state index contributed by atoms with van der Waals surface area (Å²) in [6, 6.07) is 7.99. The van der Waals surface area contributed by atoms with Crippen LogP contribution in [-0.2, 0) is 12.1 Å². The zero-order valence-electron chi connectivity index (χ0n) is 20.6. The van der Waals surface area contributed by atoms with E-state index in [0.29, 0.717) is 10.7 Å². The highest BCUT2D eigenvalue weighted by Gasteiger charge is 2.43. The Balaban J connectivity index is 0.00000124. The SMILES string of the molecule is CC.O=C1Nc2c(Cl)cc3cc(CN4CCN(c5ccncc5)CC4)oc3c2C2(CCCCC2)N1. The Labute approximate surface area is 211 Å². The van der Waals surface area contributed by atoms with E-state index >= 15 is 0 Å². The number of fused-ring (bicyclic) bond motifs is 4. The van der Waals surface area contributed by atoms with Gasteiger partial charge in [-0.25, -0.2) is 4.79 Å². The maximum absolute atomic E-state index is 12.5. The number of urea groups is 1. The van der Waals surface area contributed by atoms with Crippen LogP contribution in [0.3, 0.4) is 0 Å². The fraction of sp³-hybridized carbons (Fsp3) is 0.481. The molecule has 2 amide bonds. The molecule has 4 heterocycles. The van der Waals surface area contributed by atoms with Gasteiger partial charge in [0.1, 0.15) is 11.3 Å². The van der Waals surface area contributed by atoms with Gasteiger partial charge >= 0.3 is 6.03 Å². The quantitative estimate of drug-likeness (QED) is 0.457. The van der Waals surface area contributed by atoms with Gasteiger partial charge in [-0.1, -0.05) is 44.7 Å². The predicted molar refractivity (Wildman–Crippen MR) is 141 cm³/mol. The van der Waals surface area contributed by atoms with E-state index in [4.69, 9.17) is 16.0 Å². The van der Waals surface area contributed by atoms with Crippen LogP contribution >= 0.6 is 11.6 Å². The fourth-order valence-corrected chi connectivity index (χ4v) is 6.01. The second-order valence-electron chi connectivity index (χ2n) is 9.43. The lowest BCUT2D eigenvalue weighted by molar-refractivity contribution is 0.208. The van der Waals surface area contributed by atoms with Crippen LogP contribution in [0.25, 0.3) is 11.0 Å². The van der Waals surface area contributed by atoms with Gasteiger partial charge in [0.25, 0.3) is 0 Å². The molecule has 0 unspecified atom stereocenters. The van der Waals surface area contributed by atoms with Crippen LogP contribution in [0.4, 0.5) is 16.2 Å². The number of halogens is 1. The molecule has 8 heteroatoms. The minimum Gasteiger partial charge on any atom is -0.459 e. The number of hydrogen-bond donors (Lipinski definition) is 2. The first-order chi connectivity index (χ1) is 17.1. The van der Waals surface area contributed by atoms with E-state index in [2.05, 4.69) is 43.6 Å². The molecule has 1 saturated carbocycles. The zero-order chi connectivity index (χ0) is 24.4. The largest absolute Gasteiger partial charge is 0.459 e. The third-order valence-electron chi connectivity index (χ3n) is 7.37. The number of piperazine rings is 1. The van der Waals surface area contributed by atoms with Crippen molar-refractivity contribution in [3.63, 3.8) is 0 Å². The molecule has 0 radical (unpaired) electrons. The number of nitrogens with zero attached hydrogens (tertiary/aromatic N) is 3. The standard InChI is InChI=1S/C25H28ClN5O2.C2H6/c26-20-15-17-14-19(16-30-10-12-31(13-11-30)18-4-8-27-9-5-18)33-23(17)21-22(20)28-24(32)29-25(21)6-2-1-3-7-25;1-2/h4-5,8-9,14-15H,1-3,6-7,10-13,16H2,(H2,28,29,32);1-2H3. The highest BCUT2D eigenvalue weighted by molar-refractivity contribution is 6.35. The number of benzene rings is 1. The van der Waals surface area contributed by atoms with Gasteiger partial charge in [0.05, 0.1) is 22.8 Å². The number of carbonyl (C=O) groups is 1. The van der Waals surface area contributed by atoms with Gasteiger partial charge in [-0.2, -0.15) is 0 Å². The summed E-state index contributed by atoms with van der Waals surface area (Å²) in [6.07, 6.45) is 8.88. The van der Waals surface area contributed by atoms with E-state index in [1.807, 2.05) is 32.3 Å².